The van der Waals surface area contributed by atoms with Gasteiger partial charge < -0.3 is 4.40 Å². The van der Waals surface area contributed by atoms with Gasteiger partial charge in [0.25, 0.3) is 0 Å². The molecule has 2 aromatic rings. The molecule has 0 bridgehead atoms. The average Bonchev–Trinajstić information content (AvgIpc) is 2.99. The van der Waals surface area contributed by atoms with Crippen LogP contribution < -0.4 is 0 Å². The highest BCUT2D eigenvalue weighted by Gasteiger charge is 2.29. The molecule has 3 rings (SSSR count). The molecule has 2 atom stereocenters. The SMILES string of the molecule is CC(C)(C)c1ccc2nc(C3CCCCCCC(C(C)(C)C)C3)cn2c1. The highest BCUT2D eigenvalue weighted by Crippen LogP contribution is 2.41. The first-order valence-electron chi connectivity index (χ1n) is 10.6. The van der Waals surface area contributed by atoms with Crippen LogP contribution in [0.5, 0.6) is 0 Å². The molecular weight excluding hydrogens is 316 g/mol. The average molecular weight is 355 g/mol. The highest BCUT2D eigenvalue weighted by molar-refractivity contribution is 5.43. The van der Waals surface area contributed by atoms with Gasteiger partial charge in [-0.3, -0.25) is 0 Å². The Morgan fingerprint density at radius 1 is 0.885 bits per heavy atom. The normalized spacial score (nSPS) is 23.5. The minimum Gasteiger partial charge on any atom is -0.307 e. The van der Waals surface area contributed by atoms with Crippen LogP contribution in [0.3, 0.4) is 0 Å². The number of rotatable bonds is 1. The lowest BCUT2D eigenvalue weighted by Crippen LogP contribution is -2.22. The standard InChI is InChI=1S/C24H38N2/c1-23(2,3)19-12-10-8-7-9-11-18(15-19)21-17-26-16-20(24(4,5)6)13-14-22(26)25-21/h13-14,16-19H,7-12,15H2,1-6H3. The molecule has 0 N–H and O–H groups in total. The fourth-order valence-electron chi connectivity index (χ4n) is 4.42. The zero-order valence-electron chi connectivity index (χ0n) is 17.8. The van der Waals surface area contributed by atoms with E-state index < -0.39 is 0 Å². The van der Waals surface area contributed by atoms with E-state index in [1.807, 2.05) is 0 Å². The maximum Gasteiger partial charge on any atom is 0.136 e. The second kappa shape index (κ2) is 7.37. The Morgan fingerprint density at radius 2 is 1.58 bits per heavy atom. The number of imidazole rings is 1. The quantitative estimate of drug-likeness (QED) is 0.533. The lowest BCUT2D eigenvalue weighted by atomic mass is 9.73. The van der Waals surface area contributed by atoms with E-state index in [1.165, 1.54) is 56.2 Å². The van der Waals surface area contributed by atoms with Crippen molar-refractivity contribution in [2.24, 2.45) is 11.3 Å². The summed E-state index contributed by atoms with van der Waals surface area (Å²) in [4.78, 5) is 5.04. The molecule has 0 saturated heterocycles. The molecule has 2 aromatic heterocycles. The fourth-order valence-corrected chi connectivity index (χ4v) is 4.42. The van der Waals surface area contributed by atoms with Gasteiger partial charge in [0.1, 0.15) is 5.65 Å². The Hall–Kier alpha value is -1.31. The lowest BCUT2D eigenvalue weighted by molar-refractivity contribution is 0.195. The topological polar surface area (TPSA) is 17.3 Å². The molecule has 0 radical (unpaired) electrons. The van der Waals surface area contributed by atoms with Crippen LogP contribution in [0.1, 0.15) is 104 Å². The molecule has 2 unspecified atom stereocenters. The molecule has 0 aromatic carbocycles. The van der Waals surface area contributed by atoms with Crippen LogP contribution in [0.15, 0.2) is 24.5 Å². The van der Waals surface area contributed by atoms with Crippen molar-refractivity contribution in [2.45, 2.75) is 97.8 Å². The van der Waals surface area contributed by atoms with Gasteiger partial charge >= 0.3 is 0 Å². The number of aromatic nitrogens is 2. The number of pyridine rings is 1. The summed E-state index contributed by atoms with van der Waals surface area (Å²) in [6, 6.07) is 4.44. The number of nitrogens with zero attached hydrogens (tertiary/aromatic N) is 2. The van der Waals surface area contributed by atoms with E-state index >= 15 is 0 Å². The Balaban J connectivity index is 1.91. The summed E-state index contributed by atoms with van der Waals surface area (Å²) in [5.41, 5.74) is 4.35. The number of hydrogen-bond acceptors (Lipinski definition) is 1. The van der Waals surface area contributed by atoms with Gasteiger partial charge in [0.15, 0.2) is 0 Å². The molecule has 1 saturated carbocycles. The van der Waals surface area contributed by atoms with Crippen LogP contribution in [0.25, 0.3) is 5.65 Å². The first kappa shape index (κ1) is 19.5. The van der Waals surface area contributed by atoms with Gasteiger partial charge in [0, 0.05) is 18.3 Å². The van der Waals surface area contributed by atoms with Crippen molar-refractivity contribution in [2.75, 3.05) is 0 Å². The third kappa shape index (κ3) is 4.50. The van der Waals surface area contributed by atoms with E-state index in [-0.39, 0.29) is 5.41 Å². The molecule has 2 heteroatoms. The Kier molecular flexibility index (Phi) is 5.51. The first-order valence-corrected chi connectivity index (χ1v) is 10.6. The van der Waals surface area contributed by atoms with Crippen LogP contribution >= 0.6 is 0 Å². The summed E-state index contributed by atoms with van der Waals surface area (Å²) in [6.45, 7) is 14.1. The van der Waals surface area contributed by atoms with Crippen LogP contribution in [0.4, 0.5) is 0 Å². The minimum absolute atomic E-state index is 0.175. The summed E-state index contributed by atoms with van der Waals surface area (Å²) in [7, 11) is 0. The summed E-state index contributed by atoms with van der Waals surface area (Å²) >= 11 is 0. The van der Waals surface area contributed by atoms with Crippen molar-refractivity contribution in [3.63, 3.8) is 0 Å². The lowest BCUT2D eigenvalue weighted by Gasteiger charge is -2.33. The van der Waals surface area contributed by atoms with Crippen LogP contribution in [0, 0.1) is 11.3 Å². The molecule has 2 heterocycles. The van der Waals surface area contributed by atoms with Gasteiger partial charge in [-0.1, -0.05) is 73.3 Å². The van der Waals surface area contributed by atoms with E-state index in [2.05, 4.69) is 70.5 Å². The molecule has 2 nitrogen and oxygen atoms in total. The van der Waals surface area contributed by atoms with E-state index in [0.717, 1.165) is 11.6 Å². The third-order valence-corrected chi connectivity index (χ3v) is 6.40. The maximum atomic E-state index is 5.04. The Morgan fingerprint density at radius 3 is 2.23 bits per heavy atom. The maximum absolute atomic E-state index is 5.04. The minimum atomic E-state index is 0.175. The zero-order valence-corrected chi connectivity index (χ0v) is 17.8. The molecule has 144 valence electrons. The van der Waals surface area contributed by atoms with Crippen molar-refractivity contribution in [1.82, 2.24) is 9.38 Å². The predicted octanol–water partition coefficient (Wildman–Crippen LogP) is 7.12. The molecular formula is C24H38N2. The predicted molar refractivity (Wildman–Crippen MR) is 112 cm³/mol. The third-order valence-electron chi connectivity index (χ3n) is 6.40. The van der Waals surface area contributed by atoms with E-state index in [9.17, 15) is 0 Å². The summed E-state index contributed by atoms with van der Waals surface area (Å²) in [5, 5.41) is 0. The van der Waals surface area contributed by atoms with Crippen molar-refractivity contribution in [3.05, 3.63) is 35.8 Å². The first-order chi connectivity index (χ1) is 12.1. The van der Waals surface area contributed by atoms with Gasteiger partial charge in [0.05, 0.1) is 5.69 Å². The summed E-state index contributed by atoms with van der Waals surface area (Å²) in [5.74, 6) is 1.40. The van der Waals surface area contributed by atoms with Crippen LogP contribution in [-0.4, -0.2) is 9.38 Å². The van der Waals surface area contributed by atoms with Gasteiger partial charge in [-0.25, -0.2) is 4.98 Å². The van der Waals surface area contributed by atoms with Crippen molar-refractivity contribution < 1.29 is 0 Å². The monoisotopic (exact) mass is 354 g/mol. The molecule has 0 amide bonds. The van der Waals surface area contributed by atoms with Crippen LogP contribution in [-0.2, 0) is 5.41 Å². The van der Waals surface area contributed by atoms with Crippen molar-refractivity contribution in [1.29, 1.82) is 0 Å². The zero-order chi connectivity index (χ0) is 18.9. The molecule has 1 fully saturated rings. The summed E-state index contributed by atoms with van der Waals surface area (Å²) in [6.07, 6.45) is 14.1. The van der Waals surface area contributed by atoms with Crippen molar-refractivity contribution in [3.8, 4) is 0 Å². The smallest absolute Gasteiger partial charge is 0.136 e. The second-order valence-electron chi connectivity index (χ2n) is 10.6. The van der Waals surface area contributed by atoms with Gasteiger partial charge in [-0.05, 0) is 47.6 Å². The highest BCUT2D eigenvalue weighted by atomic mass is 15.0. The molecule has 1 aliphatic carbocycles. The van der Waals surface area contributed by atoms with Crippen LogP contribution in [0.2, 0.25) is 0 Å². The van der Waals surface area contributed by atoms with E-state index in [0.29, 0.717) is 11.3 Å². The van der Waals surface area contributed by atoms with Gasteiger partial charge in [-0.15, -0.1) is 0 Å². The second-order valence-corrected chi connectivity index (χ2v) is 10.6. The van der Waals surface area contributed by atoms with Gasteiger partial charge in [-0.2, -0.15) is 0 Å². The largest absolute Gasteiger partial charge is 0.307 e. The van der Waals surface area contributed by atoms with E-state index in [4.69, 9.17) is 4.98 Å². The molecule has 26 heavy (non-hydrogen) atoms. The summed E-state index contributed by atoms with van der Waals surface area (Å²) < 4.78 is 2.26. The van der Waals surface area contributed by atoms with E-state index in [1.54, 1.807) is 0 Å². The molecule has 1 aliphatic rings. The van der Waals surface area contributed by atoms with Gasteiger partial charge in [0.2, 0.25) is 0 Å². The number of hydrogen-bond donors (Lipinski definition) is 0. The molecule has 0 spiro atoms. The molecule has 0 aliphatic heterocycles. The number of fused-ring (bicyclic) bond motifs is 1. The Labute approximate surface area is 160 Å². The Bertz CT molecular complexity index is 727. The fraction of sp³-hybridized carbons (Fsp3) is 0.708. The van der Waals surface area contributed by atoms with Crippen molar-refractivity contribution >= 4 is 5.65 Å².